The maximum Gasteiger partial charge on any atom is 0.247 e. The summed E-state index contributed by atoms with van der Waals surface area (Å²) >= 11 is 5.84. The van der Waals surface area contributed by atoms with Gasteiger partial charge < -0.3 is 10.1 Å². The fourth-order valence-electron chi connectivity index (χ4n) is 2.43. The Morgan fingerprint density at radius 2 is 1.89 bits per heavy atom. The van der Waals surface area contributed by atoms with Gasteiger partial charge in [-0.05, 0) is 42.8 Å². The maximum absolute atomic E-state index is 13.5. The van der Waals surface area contributed by atoms with Gasteiger partial charge in [0.2, 0.25) is 15.9 Å². The van der Waals surface area contributed by atoms with E-state index in [1.165, 1.54) is 20.2 Å². The molecule has 1 N–H and O–H groups in total. The second-order valence-corrected chi connectivity index (χ2v) is 8.35. The van der Waals surface area contributed by atoms with E-state index in [9.17, 15) is 17.6 Å². The lowest BCUT2D eigenvalue weighted by molar-refractivity contribution is -0.121. The smallest absolute Gasteiger partial charge is 0.247 e. The van der Waals surface area contributed by atoms with E-state index in [4.69, 9.17) is 16.3 Å². The summed E-state index contributed by atoms with van der Waals surface area (Å²) in [6.07, 6.45) is 0. The maximum atomic E-state index is 13.5. The highest BCUT2D eigenvalue weighted by Crippen LogP contribution is 2.26. The van der Waals surface area contributed by atoms with E-state index in [0.29, 0.717) is 5.02 Å². The van der Waals surface area contributed by atoms with E-state index in [0.717, 1.165) is 22.0 Å². The average Bonchev–Trinajstić information content (AvgIpc) is 2.61. The minimum Gasteiger partial charge on any atom is -0.495 e. The summed E-state index contributed by atoms with van der Waals surface area (Å²) in [5, 5.41) is 3.29. The first-order valence-electron chi connectivity index (χ1n) is 8.00. The van der Waals surface area contributed by atoms with Crippen molar-refractivity contribution in [1.82, 2.24) is 9.62 Å². The van der Waals surface area contributed by atoms with Crippen molar-refractivity contribution < 1.29 is 22.3 Å². The third-order valence-electron chi connectivity index (χ3n) is 3.93. The second-order valence-electron chi connectivity index (χ2n) is 5.90. The number of likely N-dealkylation sites (N-methyl/N-ethyl adjacent to an activating group) is 1. The molecule has 27 heavy (non-hydrogen) atoms. The molecular weight excluding hydrogens is 395 g/mol. The lowest BCUT2D eigenvalue weighted by Gasteiger charge is -2.20. The predicted octanol–water partition coefficient (Wildman–Crippen LogP) is 2.99. The number of benzene rings is 2. The molecule has 0 aliphatic carbocycles. The molecule has 1 amide bonds. The Bertz CT molecular complexity index is 919. The third kappa shape index (κ3) is 5.18. The second kappa shape index (κ2) is 8.69. The zero-order chi connectivity index (χ0) is 20.2. The highest BCUT2D eigenvalue weighted by Gasteiger charge is 2.27. The molecule has 0 aromatic heterocycles. The first-order valence-corrected chi connectivity index (χ1v) is 9.81. The van der Waals surface area contributed by atoms with E-state index in [2.05, 4.69) is 5.32 Å². The van der Waals surface area contributed by atoms with Crippen molar-refractivity contribution in [1.29, 1.82) is 0 Å². The first-order chi connectivity index (χ1) is 12.6. The molecule has 0 saturated heterocycles. The number of amides is 1. The van der Waals surface area contributed by atoms with Gasteiger partial charge in [0.15, 0.2) is 0 Å². The minimum absolute atomic E-state index is 0.00168. The Morgan fingerprint density at radius 1 is 1.26 bits per heavy atom. The molecule has 1 unspecified atom stereocenters. The highest BCUT2D eigenvalue weighted by molar-refractivity contribution is 7.89. The molecule has 0 bridgehead atoms. The zero-order valence-electron chi connectivity index (χ0n) is 15.1. The van der Waals surface area contributed by atoms with Gasteiger partial charge in [-0.1, -0.05) is 23.7 Å². The molecule has 6 nitrogen and oxygen atoms in total. The Hall–Kier alpha value is -2.16. The SMILES string of the molecule is COc1ccc(F)cc1S(=O)(=O)N(C)CC(=O)NC(C)c1ccc(Cl)cc1. The molecule has 0 aliphatic heterocycles. The van der Waals surface area contributed by atoms with Gasteiger partial charge >= 0.3 is 0 Å². The molecule has 2 rings (SSSR count). The Balaban J connectivity index is 2.11. The van der Waals surface area contributed by atoms with Crippen LogP contribution in [0.15, 0.2) is 47.4 Å². The van der Waals surface area contributed by atoms with Gasteiger partial charge in [-0.3, -0.25) is 4.79 Å². The van der Waals surface area contributed by atoms with Gasteiger partial charge in [0, 0.05) is 12.1 Å². The number of halogens is 2. The molecule has 0 saturated carbocycles. The molecule has 2 aromatic carbocycles. The number of methoxy groups -OCH3 is 1. The van der Waals surface area contributed by atoms with Crippen LogP contribution in [0.5, 0.6) is 5.75 Å². The topological polar surface area (TPSA) is 75.7 Å². The minimum atomic E-state index is -4.12. The van der Waals surface area contributed by atoms with Crippen LogP contribution in [-0.2, 0) is 14.8 Å². The van der Waals surface area contributed by atoms with Gasteiger partial charge in [-0.15, -0.1) is 0 Å². The van der Waals surface area contributed by atoms with Crippen LogP contribution in [-0.4, -0.2) is 39.3 Å². The summed E-state index contributed by atoms with van der Waals surface area (Å²) in [6.45, 7) is 1.34. The van der Waals surface area contributed by atoms with Crippen LogP contribution in [0.3, 0.4) is 0 Å². The third-order valence-corrected chi connectivity index (χ3v) is 6.00. The van der Waals surface area contributed by atoms with Gasteiger partial charge in [-0.2, -0.15) is 4.31 Å². The molecule has 2 aromatic rings. The number of carbonyl (C=O) groups is 1. The van der Waals surface area contributed by atoms with Crippen molar-refractivity contribution in [2.75, 3.05) is 20.7 Å². The number of nitrogens with zero attached hydrogens (tertiary/aromatic N) is 1. The van der Waals surface area contributed by atoms with Crippen LogP contribution in [0.4, 0.5) is 4.39 Å². The molecule has 0 fully saturated rings. The summed E-state index contributed by atoms with van der Waals surface area (Å²) in [7, 11) is -1.59. The largest absolute Gasteiger partial charge is 0.495 e. The Kier molecular flexibility index (Phi) is 6.80. The summed E-state index contributed by atoms with van der Waals surface area (Å²) in [4.78, 5) is 11.9. The van der Waals surface area contributed by atoms with E-state index in [1.54, 1.807) is 31.2 Å². The van der Waals surface area contributed by atoms with Crippen LogP contribution in [0, 0.1) is 5.82 Å². The van der Waals surface area contributed by atoms with Crippen LogP contribution >= 0.6 is 11.6 Å². The van der Waals surface area contributed by atoms with Crippen molar-refractivity contribution >= 4 is 27.5 Å². The first kappa shape index (κ1) is 21.1. The molecule has 0 heterocycles. The molecular formula is C18H20ClFN2O4S. The van der Waals surface area contributed by atoms with Crippen LogP contribution in [0.2, 0.25) is 5.02 Å². The number of hydrogen-bond acceptors (Lipinski definition) is 4. The van der Waals surface area contributed by atoms with Crippen LogP contribution in [0.25, 0.3) is 0 Å². The molecule has 1 atom stereocenters. The fourth-order valence-corrected chi connectivity index (χ4v) is 3.85. The Morgan fingerprint density at radius 3 is 2.48 bits per heavy atom. The normalized spacial score (nSPS) is 12.7. The van der Waals surface area contributed by atoms with Crippen LogP contribution < -0.4 is 10.1 Å². The lowest BCUT2D eigenvalue weighted by atomic mass is 10.1. The van der Waals surface area contributed by atoms with Crippen molar-refractivity contribution in [3.05, 3.63) is 58.9 Å². The summed E-state index contributed by atoms with van der Waals surface area (Å²) < 4.78 is 44.7. The molecule has 9 heteroatoms. The zero-order valence-corrected chi connectivity index (χ0v) is 16.6. The number of rotatable bonds is 7. The molecule has 0 aliphatic rings. The van der Waals surface area contributed by atoms with E-state index in [-0.39, 0.29) is 16.7 Å². The van der Waals surface area contributed by atoms with Gasteiger partial charge in [0.05, 0.1) is 19.7 Å². The molecule has 146 valence electrons. The van der Waals surface area contributed by atoms with Crippen molar-refractivity contribution in [3.63, 3.8) is 0 Å². The van der Waals surface area contributed by atoms with Gasteiger partial charge in [0.1, 0.15) is 16.5 Å². The number of hydrogen-bond donors (Lipinski definition) is 1. The number of nitrogens with one attached hydrogen (secondary N) is 1. The number of carbonyl (C=O) groups excluding carboxylic acids is 1. The average molecular weight is 415 g/mol. The predicted molar refractivity (Wildman–Crippen MR) is 101 cm³/mol. The number of sulfonamides is 1. The summed E-state index contributed by atoms with van der Waals surface area (Å²) in [5.41, 5.74) is 0.824. The fraction of sp³-hybridized carbons (Fsp3) is 0.278. The Labute approximate surface area is 162 Å². The van der Waals surface area contributed by atoms with Gasteiger partial charge in [-0.25, -0.2) is 12.8 Å². The van der Waals surface area contributed by atoms with E-state index < -0.39 is 28.3 Å². The van der Waals surface area contributed by atoms with E-state index in [1.807, 2.05) is 0 Å². The molecule has 0 radical (unpaired) electrons. The lowest BCUT2D eigenvalue weighted by Crippen LogP contribution is -2.39. The van der Waals surface area contributed by atoms with Gasteiger partial charge in [0.25, 0.3) is 0 Å². The summed E-state index contributed by atoms with van der Waals surface area (Å²) in [6, 6.07) is 9.78. The number of ether oxygens (including phenoxy) is 1. The summed E-state index contributed by atoms with van der Waals surface area (Å²) in [5.74, 6) is -1.22. The highest BCUT2D eigenvalue weighted by atomic mass is 35.5. The van der Waals surface area contributed by atoms with Crippen LogP contribution in [0.1, 0.15) is 18.5 Å². The molecule has 0 spiro atoms. The standard InChI is InChI=1S/C18H20ClFN2O4S/c1-12(13-4-6-14(19)7-5-13)21-18(23)11-22(2)27(24,25)17-10-15(20)8-9-16(17)26-3/h4-10,12H,11H2,1-3H3,(H,21,23). The monoisotopic (exact) mass is 414 g/mol. The van der Waals surface area contributed by atoms with Crippen molar-refractivity contribution in [2.24, 2.45) is 0 Å². The van der Waals surface area contributed by atoms with Crippen molar-refractivity contribution in [2.45, 2.75) is 17.9 Å². The quantitative estimate of drug-likeness (QED) is 0.755. The van der Waals surface area contributed by atoms with E-state index >= 15 is 0 Å². The van der Waals surface area contributed by atoms with Crippen molar-refractivity contribution in [3.8, 4) is 5.75 Å².